The number of piperidine rings is 1. The number of fused-ring (bicyclic) bond motifs is 1. The van der Waals surface area contributed by atoms with Crippen molar-refractivity contribution in [1.29, 1.82) is 0 Å². The molecule has 3 aromatic heterocycles. The first-order valence-electron chi connectivity index (χ1n) is 8.98. The zero-order chi connectivity index (χ0) is 17.5. The molecule has 9 heteroatoms. The van der Waals surface area contributed by atoms with E-state index in [4.69, 9.17) is 5.10 Å². The van der Waals surface area contributed by atoms with Gasteiger partial charge in [0.1, 0.15) is 5.82 Å². The first-order chi connectivity index (χ1) is 12.8. The van der Waals surface area contributed by atoms with Gasteiger partial charge < -0.3 is 9.80 Å². The molecule has 0 atom stereocenters. The van der Waals surface area contributed by atoms with E-state index < -0.39 is 5.82 Å². The lowest BCUT2D eigenvalue weighted by molar-refractivity contribution is 0.471. The van der Waals surface area contributed by atoms with E-state index in [1.165, 1.54) is 18.8 Å². The van der Waals surface area contributed by atoms with E-state index in [2.05, 4.69) is 30.0 Å². The van der Waals surface area contributed by atoms with Crippen LogP contribution >= 0.6 is 0 Å². The molecule has 2 aliphatic heterocycles. The molecule has 0 aliphatic carbocycles. The lowest BCUT2D eigenvalue weighted by Gasteiger charge is -2.32. The van der Waals surface area contributed by atoms with Crippen molar-refractivity contribution in [1.82, 2.24) is 29.8 Å². The van der Waals surface area contributed by atoms with Crippen LogP contribution in [0.5, 0.6) is 0 Å². The van der Waals surface area contributed by atoms with Crippen molar-refractivity contribution in [2.75, 3.05) is 36.0 Å². The Labute approximate surface area is 149 Å². The van der Waals surface area contributed by atoms with E-state index in [0.717, 1.165) is 56.3 Å². The normalized spacial score (nSPS) is 18.3. The van der Waals surface area contributed by atoms with Gasteiger partial charge in [-0.25, -0.2) is 14.4 Å². The molecule has 0 unspecified atom stereocenters. The summed E-state index contributed by atoms with van der Waals surface area (Å²) < 4.78 is 14.9. The molecule has 26 heavy (non-hydrogen) atoms. The minimum atomic E-state index is -0.414. The van der Waals surface area contributed by atoms with Crippen molar-refractivity contribution in [2.24, 2.45) is 0 Å². The summed E-state index contributed by atoms with van der Waals surface area (Å²) in [7, 11) is 0. The molecule has 0 amide bonds. The topological polar surface area (TPSA) is 75.3 Å². The Hall–Kier alpha value is -2.84. The summed E-state index contributed by atoms with van der Waals surface area (Å²) >= 11 is 0. The summed E-state index contributed by atoms with van der Waals surface area (Å²) in [4.78, 5) is 12.5. The van der Waals surface area contributed by atoms with E-state index in [1.54, 1.807) is 0 Å². The number of nitrogens with zero attached hydrogens (tertiary/aromatic N) is 8. The van der Waals surface area contributed by atoms with Crippen LogP contribution in [0, 0.1) is 5.82 Å². The van der Waals surface area contributed by atoms with Crippen molar-refractivity contribution in [3.63, 3.8) is 0 Å². The third-order valence-corrected chi connectivity index (χ3v) is 5.20. The van der Waals surface area contributed by atoms with Crippen LogP contribution < -0.4 is 9.80 Å². The Morgan fingerprint density at radius 3 is 2.38 bits per heavy atom. The number of halogens is 1. The summed E-state index contributed by atoms with van der Waals surface area (Å²) in [5.74, 6) is 2.36. The zero-order valence-electron chi connectivity index (χ0n) is 14.3. The maximum absolute atomic E-state index is 13.0. The molecule has 2 aliphatic rings. The van der Waals surface area contributed by atoms with Crippen LogP contribution in [0.3, 0.4) is 0 Å². The second-order valence-corrected chi connectivity index (χ2v) is 6.82. The molecule has 3 aromatic rings. The fourth-order valence-corrected chi connectivity index (χ4v) is 3.57. The minimum absolute atomic E-state index is 0.292. The second-order valence-electron chi connectivity index (χ2n) is 6.82. The number of rotatable bonds is 3. The number of aromatic nitrogens is 6. The van der Waals surface area contributed by atoms with Crippen molar-refractivity contribution in [3.8, 4) is 0 Å². The first-order valence-corrected chi connectivity index (χ1v) is 8.98. The Bertz CT molecular complexity index is 912. The average molecular weight is 354 g/mol. The second kappa shape index (κ2) is 6.15. The zero-order valence-corrected chi connectivity index (χ0v) is 14.3. The van der Waals surface area contributed by atoms with Crippen molar-refractivity contribution in [2.45, 2.75) is 25.2 Å². The maximum atomic E-state index is 13.0. The van der Waals surface area contributed by atoms with E-state index in [0.29, 0.717) is 11.9 Å². The monoisotopic (exact) mass is 354 g/mol. The van der Waals surface area contributed by atoms with Crippen molar-refractivity contribution in [3.05, 3.63) is 36.2 Å². The highest BCUT2D eigenvalue weighted by Crippen LogP contribution is 2.29. The van der Waals surface area contributed by atoms with Crippen molar-refractivity contribution >= 4 is 17.4 Å². The lowest BCUT2D eigenvalue weighted by atomic mass is 9.96. The molecule has 2 fully saturated rings. The third kappa shape index (κ3) is 2.63. The Balaban J connectivity index is 1.35. The molecule has 0 N–H and O–H groups in total. The highest BCUT2D eigenvalue weighted by Gasteiger charge is 2.27. The molecule has 5 rings (SSSR count). The van der Waals surface area contributed by atoms with E-state index in [-0.39, 0.29) is 0 Å². The molecule has 0 bridgehead atoms. The largest absolute Gasteiger partial charge is 0.355 e. The molecule has 5 heterocycles. The average Bonchev–Trinajstić information content (AvgIpc) is 3.04. The maximum Gasteiger partial charge on any atom is 0.225 e. The van der Waals surface area contributed by atoms with Crippen LogP contribution in [0.1, 0.15) is 31.0 Å². The molecule has 0 aromatic carbocycles. The molecule has 8 nitrogen and oxygen atoms in total. The first kappa shape index (κ1) is 15.4. The smallest absolute Gasteiger partial charge is 0.225 e. The van der Waals surface area contributed by atoms with Crippen LogP contribution in [0.25, 0.3) is 5.65 Å². The van der Waals surface area contributed by atoms with E-state index >= 15 is 0 Å². The number of anilines is 2. The minimum Gasteiger partial charge on any atom is -0.355 e. The number of hydrogen-bond acceptors (Lipinski definition) is 7. The van der Waals surface area contributed by atoms with Gasteiger partial charge in [-0.3, -0.25) is 0 Å². The van der Waals surface area contributed by atoms with Crippen molar-refractivity contribution < 1.29 is 4.39 Å². The van der Waals surface area contributed by atoms with Gasteiger partial charge in [-0.05, 0) is 31.4 Å². The van der Waals surface area contributed by atoms with Crippen LogP contribution in [-0.2, 0) is 0 Å². The standard InChI is InChI=1S/C17H19FN8/c18-13-10-19-17(20-11-13)25-8-4-12(5-9-25)16-22-21-14-2-3-15(23-26(14)16)24-6-1-7-24/h2-3,10-12H,1,4-9H2. The predicted molar refractivity (Wildman–Crippen MR) is 93.8 cm³/mol. The SMILES string of the molecule is Fc1cnc(N2CCC(c3nnc4ccc(N5CCC5)nn34)CC2)nc1. The molecular weight excluding hydrogens is 335 g/mol. The van der Waals surface area contributed by atoms with Gasteiger partial charge in [0.2, 0.25) is 5.95 Å². The van der Waals surface area contributed by atoms with Gasteiger partial charge in [0, 0.05) is 32.1 Å². The Kier molecular flexibility index (Phi) is 3.65. The highest BCUT2D eigenvalue weighted by molar-refractivity contribution is 5.47. The molecular formula is C17H19FN8. The van der Waals surface area contributed by atoms with Crippen LogP contribution in [-0.4, -0.2) is 56.0 Å². The summed E-state index contributed by atoms with van der Waals surface area (Å²) in [5.41, 5.74) is 0.786. The molecule has 0 radical (unpaired) electrons. The predicted octanol–water partition coefficient (Wildman–Crippen LogP) is 1.65. The van der Waals surface area contributed by atoms with E-state index in [9.17, 15) is 4.39 Å². The molecule has 134 valence electrons. The van der Waals surface area contributed by atoms with Crippen LogP contribution in [0.4, 0.5) is 16.2 Å². The van der Waals surface area contributed by atoms with Crippen LogP contribution in [0.15, 0.2) is 24.5 Å². The summed E-state index contributed by atoms with van der Waals surface area (Å²) in [5, 5.41) is 13.4. The van der Waals surface area contributed by atoms with Crippen LogP contribution in [0.2, 0.25) is 0 Å². The van der Waals surface area contributed by atoms with Gasteiger partial charge in [0.25, 0.3) is 0 Å². The molecule has 0 spiro atoms. The molecule has 0 saturated carbocycles. The lowest BCUT2D eigenvalue weighted by Crippen LogP contribution is -2.38. The van der Waals surface area contributed by atoms with Gasteiger partial charge in [-0.15, -0.1) is 15.3 Å². The summed E-state index contributed by atoms with van der Waals surface area (Å²) in [6, 6.07) is 4.00. The van der Waals surface area contributed by atoms with Gasteiger partial charge in [0.15, 0.2) is 17.3 Å². The quantitative estimate of drug-likeness (QED) is 0.708. The molecule has 2 saturated heterocycles. The van der Waals surface area contributed by atoms with Gasteiger partial charge >= 0.3 is 0 Å². The summed E-state index contributed by atoms with van der Waals surface area (Å²) in [6.45, 7) is 3.73. The van der Waals surface area contributed by atoms with E-state index in [1.807, 2.05) is 16.6 Å². The van der Waals surface area contributed by atoms with Gasteiger partial charge in [0.05, 0.1) is 12.4 Å². The van der Waals surface area contributed by atoms with Gasteiger partial charge in [-0.2, -0.15) is 4.52 Å². The fourth-order valence-electron chi connectivity index (χ4n) is 3.57. The summed E-state index contributed by atoms with van der Waals surface area (Å²) in [6.07, 6.45) is 5.47. The highest BCUT2D eigenvalue weighted by atomic mass is 19.1. The third-order valence-electron chi connectivity index (χ3n) is 5.20. The Morgan fingerprint density at radius 1 is 0.923 bits per heavy atom. The Morgan fingerprint density at radius 2 is 1.69 bits per heavy atom. The van der Waals surface area contributed by atoms with Gasteiger partial charge in [-0.1, -0.05) is 0 Å². The fraction of sp³-hybridized carbons (Fsp3) is 0.471. The number of hydrogen-bond donors (Lipinski definition) is 0.